The van der Waals surface area contributed by atoms with Crippen LogP contribution in [0.3, 0.4) is 0 Å². The summed E-state index contributed by atoms with van der Waals surface area (Å²) < 4.78 is 0. The Hall–Kier alpha value is -2.08. The molecule has 0 aromatic heterocycles. The Kier molecular flexibility index (Phi) is 5.08. The number of aliphatic hydroxyl groups excluding tert-OH is 1. The van der Waals surface area contributed by atoms with Crippen LogP contribution in [-0.4, -0.2) is 64.2 Å². The highest BCUT2D eigenvalue weighted by atomic mass is 16.3. The molecule has 2 heterocycles. The van der Waals surface area contributed by atoms with Gasteiger partial charge in [-0.05, 0) is 32.3 Å². The van der Waals surface area contributed by atoms with Gasteiger partial charge in [-0.25, -0.2) is 4.79 Å². The molecule has 3 fully saturated rings. The lowest BCUT2D eigenvalue weighted by atomic mass is 9.60. The van der Waals surface area contributed by atoms with E-state index in [0.29, 0.717) is 13.1 Å². The quantitative estimate of drug-likeness (QED) is 0.836. The molecule has 0 bridgehead atoms. The standard InChI is InChI=1S/C22H31N3O3/c1-15(2)23-21(28)24-13-22(14-24)19(16-8-4-3-5-9-16)18(12-26)25(22)20(27)17-10-6-7-11-17/h3-5,8-9,15,17-19,26H,6-7,10-14H2,1-2H3,(H,23,28)/t18-,19+/m0/s1. The highest BCUT2D eigenvalue weighted by Gasteiger charge is 2.68. The number of hydrogen-bond acceptors (Lipinski definition) is 3. The average Bonchev–Trinajstić information content (AvgIpc) is 3.15. The zero-order chi connectivity index (χ0) is 19.9. The van der Waals surface area contributed by atoms with Crippen molar-refractivity contribution < 1.29 is 14.7 Å². The van der Waals surface area contributed by atoms with E-state index >= 15 is 0 Å². The van der Waals surface area contributed by atoms with E-state index in [4.69, 9.17) is 0 Å². The van der Waals surface area contributed by atoms with Crippen molar-refractivity contribution in [2.75, 3.05) is 19.7 Å². The van der Waals surface area contributed by atoms with E-state index in [2.05, 4.69) is 17.4 Å². The van der Waals surface area contributed by atoms with Gasteiger partial charge in [0, 0.05) is 31.0 Å². The molecule has 6 heteroatoms. The first-order valence-corrected chi connectivity index (χ1v) is 10.5. The van der Waals surface area contributed by atoms with Gasteiger partial charge in [-0.1, -0.05) is 43.2 Å². The number of nitrogens with zero attached hydrogens (tertiary/aromatic N) is 2. The summed E-state index contributed by atoms with van der Waals surface area (Å²) in [5.74, 6) is 0.306. The molecule has 6 nitrogen and oxygen atoms in total. The van der Waals surface area contributed by atoms with Crippen molar-refractivity contribution in [1.29, 1.82) is 0 Å². The maximum atomic E-state index is 13.3. The zero-order valence-electron chi connectivity index (χ0n) is 16.8. The largest absolute Gasteiger partial charge is 0.394 e. The molecule has 1 saturated carbocycles. The summed E-state index contributed by atoms with van der Waals surface area (Å²) in [6.45, 7) is 4.90. The number of urea groups is 1. The summed E-state index contributed by atoms with van der Waals surface area (Å²) in [6.07, 6.45) is 4.09. The van der Waals surface area contributed by atoms with E-state index in [0.717, 1.165) is 31.2 Å². The Bertz CT molecular complexity index is 724. The molecule has 152 valence electrons. The van der Waals surface area contributed by atoms with Crippen LogP contribution >= 0.6 is 0 Å². The first-order chi connectivity index (χ1) is 13.5. The highest BCUT2D eigenvalue weighted by molar-refractivity contribution is 5.84. The van der Waals surface area contributed by atoms with E-state index in [1.807, 2.05) is 36.9 Å². The van der Waals surface area contributed by atoms with Crippen molar-refractivity contribution in [3.63, 3.8) is 0 Å². The highest BCUT2D eigenvalue weighted by Crippen LogP contribution is 2.54. The summed E-state index contributed by atoms with van der Waals surface area (Å²) in [6, 6.07) is 9.93. The molecule has 0 unspecified atom stereocenters. The minimum absolute atomic E-state index is 0.0437. The molecule has 2 N–H and O–H groups in total. The Morgan fingerprint density at radius 2 is 1.82 bits per heavy atom. The van der Waals surface area contributed by atoms with Gasteiger partial charge >= 0.3 is 6.03 Å². The third kappa shape index (κ3) is 2.98. The van der Waals surface area contributed by atoms with Crippen LogP contribution in [0.25, 0.3) is 0 Å². The fourth-order valence-electron chi connectivity index (χ4n) is 5.48. The SMILES string of the molecule is CC(C)NC(=O)N1CC2(C1)[C@H](c1ccccc1)[C@H](CO)N2C(=O)C1CCCC1. The minimum atomic E-state index is -0.386. The molecule has 2 atom stereocenters. The lowest BCUT2D eigenvalue weighted by Gasteiger charge is -2.70. The molecule has 1 aromatic rings. The number of carbonyl (C=O) groups excluding carboxylic acids is 2. The summed E-state index contributed by atoms with van der Waals surface area (Å²) in [5.41, 5.74) is 0.754. The van der Waals surface area contributed by atoms with Crippen LogP contribution in [0.4, 0.5) is 4.79 Å². The molecular weight excluding hydrogens is 354 g/mol. The third-order valence-electron chi connectivity index (χ3n) is 6.69. The van der Waals surface area contributed by atoms with Crippen molar-refractivity contribution in [3.8, 4) is 0 Å². The number of amides is 3. The van der Waals surface area contributed by atoms with Gasteiger partial charge in [0.05, 0.1) is 18.2 Å². The van der Waals surface area contributed by atoms with Crippen molar-refractivity contribution in [1.82, 2.24) is 15.1 Å². The van der Waals surface area contributed by atoms with E-state index in [1.54, 1.807) is 4.90 Å². The number of carbonyl (C=O) groups is 2. The first kappa shape index (κ1) is 19.2. The molecule has 0 radical (unpaired) electrons. The van der Waals surface area contributed by atoms with E-state index in [1.165, 1.54) is 0 Å². The minimum Gasteiger partial charge on any atom is -0.394 e. The first-order valence-electron chi connectivity index (χ1n) is 10.5. The second-order valence-electron chi connectivity index (χ2n) is 8.89. The average molecular weight is 386 g/mol. The summed E-state index contributed by atoms with van der Waals surface area (Å²) in [7, 11) is 0. The molecule has 2 saturated heterocycles. The van der Waals surface area contributed by atoms with Gasteiger partial charge in [-0.3, -0.25) is 4.79 Å². The summed E-state index contributed by atoms with van der Waals surface area (Å²) in [5, 5.41) is 13.1. The van der Waals surface area contributed by atoms with Crippen LogP contribution in [0.1, 0.15) is 51.0 Å². The maximum Gasteiger partial charge on any atom is 0.317 e. The smallest absolute Gasteiger partial charge is 0.317 e. The number of aliphatic hydroxyl groups is 1. The lowest BCUT2D eigenvalue weighted by Crippen LogP contribution is -2.86. The zero-order valence-corrected chi connectivity index (χ0v) is 16.8. The van der Waals surface area contributed by atoms with Gasteiger partial charge in [0.15, 0.2) is 0 Å². The fourth-order valence-corrected chi connectivity index (χ4v) is 5.48. The second-order valence-corrected chi connectivity index (χ2v) is 8.89. The Morgan fingerprint density at radius 1 is 1.18 bits per heavy atom. The van der Waals surface area contributed by atoms with Gasteiger partial charge in [0.1, 0.15) is 0 Å². The van der Waals surface area contributed by atoms with Crippen LogP contribution < -0.4 is 5.32 Å². The van der Waals surface area contributed by atoms with Crippen LogP contribution in [0.15, 0.2) is 30.3 Å². The number of rotatable bonds is 4. The topological polar surface area (TPSA) is 72.9 Å². The van der Waals surface area contributed by atoms with Gasteiger partial charge in [0.2, 0.25) is 5.91 Å². The molecule has 1 aliphatic carbocycles. The summed E-state index contributed by atoms with van der Waals surface area (Å²) in [4.78, 5) is 29.5. The van der Waals surface area contributed by atoms with E-state index in [-0.39, 0.29) is 48.0 Å². The predicted octanol–water partition coefficient (Wildman–Crippen LogP) is 2.34. The molecule has 3 aliphatic rings. The van der Waals surface area contributed by atoms with Crippen molar-refractivity contribution in [3.05, 3.63) is 35.9 Å². The van der Waals surface area contributed by atoms with E-state index in [9.17, 15) is 14.7 Å². The van der Waals surface area contributed by atoms with Crippen molar-refractivity contribution in [2.45, 2.75) is 63.1 Å². The molecule has 3 amide bonds. The monoisotopic (exact) mass is 385 g/mol. The van der Waals surface area contributed by atoms with Crippen LogP contribution in [0.2, 0.25) is 0 Å². The van der Waals surface area contributed by atoms with Gasteiger partial charge in [-0.15, -0.1) is 0 Å². The Balaban J connectivity index is 1.60. The Morgan fingerprint density at radius 3 is 2.39 bits per heavy atom. The number of likely N-dealkylation sites (tertiary alicyclic amines) is 2. The van der Waals surface area contributed by atoms with Gasteiger partial charge < -0.3 is 20.2 Å². The summed E-state index contributed by atoms with van der Waals surface area (Å²) >= 11 is 0. The second kappa shape index (κ2) is 7.39. The predicted molar refractivity (Wildman–Crippen MR) is 107 cm³/mol. The maximum absolute atomic E-state index is 13.3. The van der Waals surface area contributed by atoms with Crippen LogP contribution in [0, 0.1) is 5.92 Å². The molecule has 1 aromatic carbocycles. The molecule has 2 aliphatic heterocycles. The number of hydrogen-bond donors (Lipinski definition) is 2. The number of benzene rings is 1. The molecule has 28 heavy (non-hydrogen) atoms. The molecular formula is C22H31N3O3. The fraction of sp³-hybridized carbons (Fsp3) is 0.636. The third-order valence-corrected chi connectivity index (χ3v) is 6.69. The van der Waals surface area contributed by atoms with Crippen LogP contribution in [-0.2, 0) is 4.79 Å². The van der Waals surface area contributed by atoms with E-state index < -0.39 is 0 Å². The van der Waals surface area contributed by atoms with Crippen molar-refractivity contribution >= 4 is 11.9 Å². The van der Waals surface area contributed by atoms with Crippen molar-refractivity contribution in [2.24, 2.45) is 5.92 Å². The lowest BCUT2D eigenvalue weighted by molar-refractivity contribution is -0.196. The molecule has 4 rings (SSSR count). The number of nitrogens with one attached hydrogen (secondary N) is 1. The Labute approximate surface area is 166 Å². The normalized spacial score (nSPS) is 26.3. The molecule has 1 spiro atoms. The van der Waals surface area contributed by atoms with Crippen LogP contribution in [0.5, 0.6) is 0 Å². The van der Waals surface area contributed by atoms with Gasteiger partial charge in [0.25, 0.3) is 0 Å². The van der Waals surface area contributed by atoms with Gasteiger partial charge in [-0.2, -0.15) is 0 Å².